The molecule has 5 nitrogen and oxygen atoms in total. The molecular weight excluding hydrogens is 380 g/mol. The molecule has 1 aliphatic rings. The van der Waals surface area contributed by atoms with Crippen molar-refractivity contribution in [1.29, 1.82) is 0 Å². The monoisotopic (exact) mass is 406 g/mol. The SMILES string of the molecule is CC(Sc1nc(C2CC2)n(-c2ccccc2)n1)C(=O)Nc1ccccc1C(C)C. The first-order chi connectivity index (χ1) is 14.0. The molecule has 3 aromatic rings. The molecule has 6 heteroatoms. The van der Waals surface area contributed by atoms with Gasteiger partial charge in [-0.1, -0.05) is 62.0 Å². The molecule has 1 unspecified atom stereocenters. The van der Waals surface area contributed by atoms with Gasteiger partial charge in [-0.15, -0.1) is 5.10 Å². The molecule has 150 valence electrons. The molecule has 1 heterocycles. The van der Waals surface area contributed by atoms with E-state index < -0.39 is 0 Å². The summed E-state index contributed by atoms with van der Waals surface area (Å²) in [6.45, 7) is 6.16. The molecule has 1 N–H and O–H groups in total. The fraction of sp³-hybridized carbons (Fsp3) is 0.348. The quantitative estimate of drug-likeness (QED) is 0.535. The van der Waals surface area contributed by atoms with E-state index in [1.165, 1.54) is 11.8 Å². The molecular formula is C23H26N4OS. The molecule has 0 radical (unpaired) electrons. The van der Waals surface area contributed by atoms with Gasteiger partial charge in [-0.05, 0) is 49.4 Å². The van der Waals surface area contributed by atoms with Gasteiger partial charge >= 0.3 is 0 Å². The summed E-state index contributed by atoms with van der Waals surface area (Å²) in [6, 6.07) is 18.0. The Hall–Kier alpha value is -2.60. The zero-order valence-corrected chi connectivity index (χ0v) is 17.8. The molecule has 29 heavy (non-hydrogen) atoms. The number of amides is 1. The number of aromatic nitrogens is 3. The van der Waals surface area contributed by atoms with Gasteiger partial charge < -0.3 is 5.32 Å². The summed E-state index contributed by atoms with van der Waals surface area (Å²) in [4.78, 5) is 17.6. The van der Waals surface area contributed by atoms with Gasteiger partial charge in [-0.3, -0.25) is 4.79 Å². The third kappa shape index (κ3) is 4.53. The van der Waals surface area contributed by atoms with Gasteiger partial charge in [-0.2, -0.15) is 0 Å². The minimum atomic E-state index is -0.297. The van der Waals surface area contributed by atoms with E-state index in [-0.39, 0.29) is 11.2 Å². The Balaban J connectivity index is 1.50. The highest BCUT2D eigenvalue weighted by molar-refractivity contribution is 8.00. The smallest absolute Gasteiger partial charge is 0.237 e. The Morgan fingerprint density at radius 3 is 2.45 bits per heavy atom. The van der Waals surface area contributed by atoms with Crippen molar-refractivity contribution in [2.45, 2.75) is 55.9 Å². The predicted octanol–water partition coefficient (Wildman–Crippen LogP) is 5.39. The largest absolute Gasteiger partial charge is 0.325 e. The van der Waals surface area contributed by atoms with E-state index in [0.717, 1.165) is 35.6 Å². The van der Waals surface area contributed by atoms with Crippen molar-refractivity contribution in [1.82, 2.24) is 14.8 Å². The summed E-state index contributed by atoms with van der Waals surface area (Å²) in [5.41, 5.74) is 3.03. The van der Waals surface area contributed by atoms with Crippen LogP contribution >= 0.6 is 11.8 Å². The number of para-hydroxylation sites is 2. The third-order valence-corrected chi connectivity index (χ3v) is 6.00. The first-order valence-electron chi connectivity index (χ1n) is 10.1. The van der Waals surface area contributed by atoms with Crippen LogP contribution in [0.15, 0.2) is 59.8 Å². The van der Waals surface area contributed by atoms with E-state index in [4.69, 9.17) is 10.1 Å². The van der Waals surface area contributed by atoms with Gasteiger partial charge in [0.2, 0.25) is 11.1 Å². The van der Waals surface area contributed by atoms with Crippen LogP contribution in [0.4, 0.5) is 5.69 Å². The van der Waals surface area contributed by atoms with Gasteiger partial charge in [0.15, 0.2) is 0 Å². The molecule has 0 bridgehead atoms. The van der Waals surface area contributed by atoms with Crippen LogP contribution in [0.5, 0.6) is 0 Å². The number of hydrogen-bond donors (Lipinski definition) is 1. The maximum atomic E-state index is 12.8. The predicted molar refractivity (Wildman–Crippen MR) is 118 cm³/mol. The highest BCUT2D eigenvalue weighted by Gasteiger charge is 2.31. The number of rotatable bonds is 7. The molecule has 0 saturated heterocycles. The number of nitrogens with zero attached hydrogens (tertiary/aromatic N) is 3. The first kappa shape index (κ1) is 19.7. The Bertz CT molecular complexity index is 995. The summed E-state index contributed by atoms with van der Waals surface area (Å²) >= 11 is 1.40. The second-order valence-electron chi connectivity index (χ2n) is 7.77. The third-order valence-electron chi connectivity index (χ3n) is 5.05. The maximum Gasteiger partial charge on any atom is 0.237 e. The topological polar surface area (TPSA) is 59.8 Å². The van der Waals surface area contributed by atoms with Gasteiger partial charge in [0, 0.05) is 11.6 Å². The standard InChI is InChI=1S/C23H26N4OS/c1-15(2)19-11-7-8-12-20(19)24-22(28)16(3)29-23-25-21(17-13-14-17)27(26-23)18-9-5-4-6-10-18/h4-12,15-17H,13-14H2,1-3H3,(H,24,28). The molecule has 1 fully saturated rings. The van der Waals surface area contributed by atoms with E-state index in [9.17, 15) is 4.79 Å². The number of benzene rings is 2. The zero-order valence-electron chi connectivity index (χ0n) is 17.0. The normalized spacial score (nSPS) is 14.8. The van der Waals surface area contributed by atoms with Crippen LogP contribution < -0.4 is 5.32 Å². The second-order valence-corrected chi connectivity index (χ2v) is 9.07. The van der Waals surface area contributed by atoms with Crippen molar-refractivity contribution in [3.63, 3.8) is 0 Å². The molecule has 1 amide bonds. The van der Waals surface area contributed by atoms with Gasteiger partial charge in [0.1, 0.15) is 5.82 Å². The number of hydrogen-bond acceptors (Lipinski definition) is 4. The van der Waals surface area contributed by atoms with Crippen LogP contribution in [0, 0.1) is 0 Å². The van der Waals surface area contributed by atoms with Crippen LogP contribution in [-0.4, -0.2) is 25.9 Å². The average molecular weight is 407 g/mol. The van der Waals surface area contributed by atoms with E-state index in [1.807, 2.05) is 60.1 Å². The summed E-state index contributed by atoms with van der Waals surface area (Å²) < 4.78 is 1.93. The molecule has 4 rings (SSSR count). The van der Waals surface area contributed by atoms with Gasteiger partial charge in [0.05, 0.1) is 10.9 Å². The Labute approximate surface area is 175 Å². The Morgan fingerprint density at radius 2 is 1.76 bits per heavy atom. The van der Waals surface area contributed by atoms with E-state index in [2.05, 4.69) is 25.2 Å². The lowest BCUT2D eigenvalue weighted by Gasteiger charge is -2.15. The lowest BCUT2D eigenvalue weighted by atomic mass is 10.0. The lowest BCUT2D eigenvalue weighted by molar-refractivity contribution is -0.115. The number of carbonyl (C=O) groups excluding carboxylic acids is 1. The minimum Gasteiger partial charge on any atom is -0.325 e. The van der Waals surface area contributed by atoms with Gasteiger partial charge in [-0.25, -0.2) is 9.67 Å². The average Bonchev–Trinajstić information content (AvgIpc) is 3.49. The molecule has 2 aromatic carbocycles. The van der Waals surface area contributed by atoms with Crippen LogP contribution in [0.25, 0.3) is 5.69 Å². The van der Waals surface area contributed by atoms with E-state index >= 15 is 0 Å². The molecule has 1 saturated carbocycles. The molecule has 0 aliphatic heterocycles. The van der Waals surface area contributed by atoms with E-state index in [0.29, 0.717) is 17.0 Å². The zero-order chi connectivity index (χ0) is 20.4. The van der Waals surface area contributed by atoms with Crippen molar-refractivity contribution < 1.29 is 4.79 Å². The highest BCUT2D eigenvalue weighted by Crippen LogP contribution is 2.40. The van der Waals surface area contributed by atoms with Crippen LogP contribution in [0.3, 0.4) is 0 Å². The summed E-state index contributed by atoms with van der Waals surface area (Å²) in [6.07, 6.45) is 2.30. The summed E-state index contributed by atoms with van der Waals surface area (Å²) in [5, 5.41) is 8.13. The second kappa shape index (κ2) is 8.41. The fourth-order valence-electron chi connectivity index (χ4n) is 3.28. The van der Waals surface area contributed by atoms with Crippen molar-refractivity contribution in [2.75, 3.05) is 5.32 Å². The number of nitrogens with one attached hydrogen (secondary N) is 1. The fourth-order valence-corrected chi connectivity index (χ4v) is 4.04. The van der Waals surface area contributed by atoms with E-state index in [1.54, 1.807) is 0 Å². The Kier molecular flexibility index (Phi) is 5.72. The van der Waals surface area contributed by atoms with Crippen molar-refractivity contribution in [2.24, 2.45) is 0 Å². The Morgan fingerprint density at radius 1 is 1.07 bits per heavy atom. The molecule has 1 aliphatic carbocycles. The van der Waals surface area contributed by atoms with Crippen LogP contribution in [0.2, 0.25) is 0 Å². The molecule has 1 atom stereocenters. The summed E-state index contributed by atoms with van der Waals surface area (Å²) in [5.74, 6) is 1.78. The number of anilines is 1. The van der Waals surface area contributed by atoms with Crippen molar-refractivity contribution in [3.8, 4) is 5.69 Å². The van der Waals surface area contributed by atoms with Crippen LogP contribution in [-0.2, 0) is 4.79 Å². The minimum absolute atomic E-state index is 0.0351. The number of thioether (sulfide) groups is 1. The maximum absolute atomic E-state index is 12.8. The summed E-state index contributed by atoms with van der Waals surface area (Å²) in [7, 11) is 0. The number of carbonyl (C=O) groups is 1. The highest BCUT2D eigenvalue weighted by atomic mass is 32.2. The van der Waals surface area contributed by atoms with Crippen molar-refractivity contribution >= 4 is 23.4 Å². The lowest BCUT2D eigenvalue weighted by Crippen LogP contribution is -2.23. The van der Waals surface area contributed by atoms with Gasteiger partial charge in [0.25, 0.3) is 0 Å². The molecule has 0 spiro atoms. The van der Waals surface area contributed by atoms with Crippen LogP contribution in [0.1, 0.15) is 56.8 Å². The van der Waals surface area contributed by atoms with Crippen molar-refractivity contribution in [3.05, 3.63) is 66.0 Å². The first-order valence-corrected chi connectivity index (χ1v) is 11.0. The molecule has 1 aromatic heterocycles.